The normalized spacial score (nSPS) is 14.3. The Bertz CT molecular complexity index is 812. The molecule has 2 aromatic heterocycles. The summed E-state index contributed by atoms with van der Waals surface area (Å²) < 4.78 is 4.13. The Morgan fingerprint density at radius 1 is 1.22 bits per heavy atom. The number of hydrogen-bond acceptors (Lipinski definition) is 3. The van der Waals surface area contributed by atoms with Crippen LogP contribution < -0.4 is 0 Å². The maximum absolute atomic E-state index is 4.84. The van der Waals surface area contributed by atoms with Gasteiger partial charge in [-0.25, -0.2) is 14.6 Å². The lowest BCUT2D eigenvalue weighted by Crippen LogP contribution is -2.08. The van der Waals surface area contributed by atoms with Gasteiger partial charge in [-0.1, -0.05) is 12.1 Å². The summed E-state index contributed by atoms with van der Waals surface area (Å²) in [5, 5.41) is 4.83. The number of aromatic nitrogens is 5. The van der Waals surface area contributed by atoms with Crippen LogP contribution in [0.15, 0.2) is 36.9 Å². The van der Waals surface area contributed by atoms with Crippen molar-refractivity contribution in [3.63, 3.8) is 0 Å². The molecular weight excluding hydrogens is 286 g/mol. The summed E-state index contributed by atoms with van der Waals surface area (Å²) in [5.74, 6) is 2.61. The first-order chi connectivity index (χ1) is 11.2. The quantitative estimate of drug-likeness (QED) is 0.727. The topological polar surface area (TPSA) is 48.5 Å². The highest BCUT2D eigenvalue weighted by Crippen LogP contribution is 2.38. The van der Waals surface area contributed by atoms with E-state index in [4.69, 9.17) is 10.1 Å². The van der Waals surface area contributed by atoms with E-state index in [9.17, 15) is 0 Å². The average Bonchev–Trinajstić information content (AvgIpc) is 3.10. The van der Waals surface area contributed by atoms with E-state index in [0.29, 0.717) is 5.92 Å². The van der Waals surface area contributed by atoms with Gasteiger partial charge in [0.25, 0.3) is 0 Å². The van der Waals surface area contributed by atoms with E-state index >= 15 is 0 Å². The first-order valence-electron chi connectivity index (χ1n) is 8.20. The van der Waals surface area contributed by atoms with Crippen LogP contribution in [0.3, 0.4) is 0 Å². The standard InChI is InChI=1S/C18H21N5/c1-13-4-3-5-16(14(13)2)23-17(8-10-22-11-9-19-12-22)20-18(21-23)15-6-7-15/h3-5,9,11-12,15H,6-8,10H2,1-2H3. The molecule has 1 fully saturated rings. The lowest BCUT2D eigenvalue weighted by atomic mass is 10.1. The van der Waals surface area contributed by atoms with Crippen LogP contribution in [-0.2, 0) is 13.0 Å². The third kappa shape index (κ3) is 2.79. The van der Waals surface area contributed by atoms with Gasteiger partial charge in [-0.2, -0.15) is 5.10 Å². The van der Waals surface area contributed by atoms with Crippen molar-refractivity contribution >= 4 is 0 Å². The molecule has 1 aromatic carbocycles. The fraction of sp³-hybridized carbons (Fsp3) is 0.389. The lowest BCUT2D eigenvalue weighted by Gasteiger charge is -2.11. The Balaban J connectivity index is 1.70. The van der Waals surface area contributed by atoms with Gasteiger partial charge >= 0.3 is 0 Å². The Hall–Kier alpha value is -2.43. The van der Waals surface area contributed by atoms with E-state index < -0.39 is 0 Å². The molecule has 5 nitrogen and oxygen atoms in total. The first kappa shape index (κ1) is 14.2. The van der Waals surface area contributed by atoms with Crippen molar-refractivity contribution < 1.29 is 0 Å². The molecule has 0 bridgehead atoms. The zero-order valence-electron chi connectivity index (χ0n) is 13.6. The zero-order chi connectivity index (χ0) is 15.8. The molecule has 23 heavy (non-hydrogen) atoms. The van der Waals surface area contributed by atoms with Crippen LogP contribution >= 0.6 is 0 Å². The SMILES string of the molecule is Cc1cccc(-n2nc(C3CC3)nc2CCn2ccnc2)c1C. The molecule has 0 unspecified atom stereocenters. The number of benzene rings is 1. The molecule has 118 valence electrons. The molecule has 0 aliphatic heterocycles. The van der Waals surface area contributed by atoms with E-state index in [-0.39, 0.29) is 0 Å². The summed E-state index contributed by atoms with van der Waals surface area (Å²) in [7, 11) is 0. The molecule has 0 amide bonds. The molecule has 2 heterocycles. The van der Waals surface area contributed by atoms with E-state index in [1.807, 2.05) is 23.4 Å². The Morgan fingerprint density at radius 3 is 2.83 bits per heavy atom. The highest BCUT2D eigenvalue weighted by molar-refractivity contribution is 5.44. The van der Waals surface area contributed by atoms with Crippen molar-refractivity contribution in [1.29, 1.82) is 0 Å². The summed E-state index contributed by atoms with van der Waals surface area (Å²) in [6.45, 7) is 5.17. The fourth-order valence-electron chi connectivity index (χ4n) is 2.84. The van der Waals surface area contributed by atoms with E-state index in [1.165, 1.54) is 24.0 Å². The highest BCUT2D eigenvalue weighted by atomic mass is 15.4. The number of imidazole rings is 1. The van der Waals surface area contributed by atoms with Crippen molar-refractivity contribution in [2.45, 2.75) is 45.6 Å². The average molecular weight is 307 g/mol. The third-order valence-electron chi connectivity index (χ3n) is 4.59. The molecule has 0 N–H and O–H groups in total. The van der Waals surface area contributed by atoms with Gasteiger partial charge in [-0.05, 0) is 43.9 Å². The zero-order valence-corrected chi connectivity index (χ0v) is 13.6. The van der Waals surface area contributed by atoms with Crippen LogP contribution in [-0.4, -0.2) is 24.3 Å². The van der Waals surface area contributed by atoms with Crippen molar-refractivity contribution in [1.82, 2.24) is 24.3 Å². The summed E-state index contributed by atoms with van der Waals surface area (Å²) in [4.78, 5) is 8.94. The molecular formula is C18H21N5. The maximum atomic E-state index is 4.84. The molecule has 3 aromatic rings. The fourth-order valence-corrected chi connectivity index (χ4v) is 2.84. The van der Waals surface area contributed by atoms with Gasteiger partial charge in [0.2, 0.25) is 0 Å². The number of hydrogen-bond donors (Lipinski definition) is 0. The van der Waals surface area contributed by atoms with Gasteiger partial charge < -0.3 is 4.57 Å². The predicted octanol–water partition coefficient (Wildman–Crippen LogP) is 3.20. The summed E-state index contributed by atoms with van der Waals surface area (Å²) >= 11 is 0. The van der Waals surface area contributed by atoms with Gasteiger partial charge in [-0.3, -0.25) is 0 Å². The van der Waals surface area contributed by atoms with Gasteiger partial charge in [0.15, 0.2) is 5.82 Å². The van der Waals surface area contributed by atoms with Crippen LogP contribution in [0.2, 0.25) is 0 Å². The van der Waals surface area contributed by atoms with Crippen molar-refractivity contribution in [2.24, 2.45) is 0 Å². The third-order valence-corrected chi connectivity index (χ3v) is 4.59. The molecule has 1 aliphatic rings. The second-order valence-corrected chi connectivity index (χ2v) is 6.34. The smallest absolute Gasteiger partial charge is 0.154 e. The van der Waals surface area contributed by atoms with Crippen molar-refractivity contribution in [3.8, 4) is 5.69 Å². The molecule has 1 saturated carbocycles. The minimum Gasteiger partial charge on any atom is -0.337 e. The van der Waals surface area contributed by atoms with Gasteiger partial charge in [0.1, 0.15) is 5.82 Å². The van der Waals surface area contributed by atoms with E-state index in [0.717, 1.165) is 30.3 Å². The van der Waals surface area contributed by atoms with Crippen molar-refractivity contribution in [3.05, 3.63) is 59.7 Å². The van der Waals surface area contributed by atoms with Crippen LogP contribution in [0.1, 0.15) is 41.5 Å². The Kier molecular flexibility index (Phi) is 3.48. The molecule has 0 spiro atoms. The first-order valence-corrected chi connectivity index (χ1v) is 8.20. The minimum absolute atomic E-state index is 0.563. The van der Waals surface area contributed by atoms with Crippen LogP contribution in [0.25, 0.3) is 5.69 Å². The molecule has 0 atom stereocenters. The minimum atomic E-state index is 0.563. The second kappa shape index (κ2) is 5.65. The second-order valence-electron chi connectivity index (χ2n) is 6.34. The number of rotatable bonds is 5. The van der Waals surface area contributed by atoms with Crippen LogP contribution in [0.5, 0.6) is 0 Å². The van der Waals surface area contributed by atoms with E-state index in [1.54, 1.807) is 0 Å². The monoisotopic (exact) mass is 307 g/mol. The van der Waals surface area contributed by atoms with Crippen molar-refractivity contribution in [2.75, 3.05) is 0 Å². The molecule has 5 heteroatoms. The van der Waals surface area contributed by atoms with Crippen LogP contribution in [0, 0.1) is 13.8 Å². The number of nitrogens with zero attached hydrogens (tertiary/aromatic N) is 5. The predicted molar refractivity (Wildman–Crippen MR) is 88.7 cm³/mol. The number of aryl methyl sites for hydroxylation is 3. The van der Waals surface area contributed by atoms with Gasteiger partial charge in [-0.15, -0.1) is 0 Å². The lowest BCUT2D eigenvalue weighted by molar-refractivity contribution is 0.651. The summed E-state index contributed by atoms with van der Waals surface area (Å²) in [6.07, 6.45) is 8.94. The van der Waals surface area contributed by atoms with E-state index in [2.05, 4.69) is 41.6 Å². The highest BCUT2D eigenvalue weighted by Gasteiger charge is 2.29. The Morgan fingerprint density at radius 2 is 2.09 bits per heavy atom. The Labute approximate surface area is 136 Å². The molecule has 4 rings (SSSR count). The summed E-state index contributed by atoms with van der Waals surface area (Å²) in [5.41, 5.74) is 3.69. The van der Waals surface area contributed by atoms with Gasteiger partial charge in [0.05, 0.1) is 12.0 Å². The molecule has 1 aliphatic carbocycles. The van der Waals surface area contributed by atoms with Gasteiger partial charge in [0, 0.05) is 31.3 Å². The molecule has 0 saturated heterocycles. The molecule has 0 radical (unpaired) electrons. The summed E-state index contributed by atoms with van der Waals surface area (Å²) in [6, 6.07) is 6.37. The van der Waals surface area contributed by atoms with Crippen LogP contribution in [0.4, 0.5) is 0 Å². The maximum Gasteiger partial charge on any atom is 0.154 e. The largest absolute Gasteiger partial charge is 0.337 e.